The van der Waals surface area contributed by atoms with E-state index in [0.29, 0.717) is 5.69 Å². The Morgan fingerprint density at radius 3 is 2.80 bits per heavy atom. The van der Waals surface area contributed by atoms with E-state index >= 15 is 0 Å². The van der Waals surface area contributed by atoms with E-state index in [2.05, 4.69) is 5.32 Å². The van der Waals surface area contributed by atoms with Crippen molar-refractivity contribution in [2.24, 2.45) is 5.14 Å². The first kappa shape index (κ1) is 15.1. The van der Waals surface area contributed by atoms with Gasteiger partial charge in [0.05, 0.1) is 12.4 Å². The van der Waals surface area contributed by atoms with Crippen molar-refractivity contribution in [3.63, 3.8) is 0 Å². The van der Waals surface area contributed by atoms with Gasteiger partial charge in [0.2, 0.25) is 15.9 Å². The number of anilines is 1. The van der Waals surface area contributed by atoms with Gasteiger partial charge in [-0.25, -0.2) is 13.6 Å². The summed E-state index contributed by atoms with van der Waals surface area (Å²) in [6.07, 6.45) is 1.86. The van der Waals surface area contributed by atoms with Crippen LogP contribution in [0.25, 0.3) is 0 Å². The summed E-state index contributed by atoms with van der Waals surface area (Å²) in [5.74, 6) is 1.02. The number of thioether (sulfide) groups is 1. The molecular weight excluding hydrogens is 300 g/mol. The van der Waals surface area contributed by atoms with Crippen LogP contribution in [-0.4, -0.2) is 32.4 Å². The summed E-state index contributed by atoms with van der Waals surface area (Å²) >= 11 is 1.61. The van der Waals surface area contributed by atoms with Gasteiger partial charge < -0.3 is 10.1 Å². The van der Waals surface area contributed by atoms with Crippen LogP contribution in [0.2, 0.25) is 0 Å². The topological polar surface area (TPSA) is 98.5 Å². The number of sulfonamides is 1. The number of carbonyl (C=O) groups excluding carboxylic acids is 1. The number of ether oxygens (including phenoxy) is 1. The first-order valence-electron chi connectivity index (χ1n) is 6.05. The molecule has 2 rings (SSSR count). The van der Waals surface area contributed by atoms with Crippen molar-refractivity contribution in [3.05, 3.63) is 18.2 Å². The number of hydrogen-bond donors (Lipinski definition) is 2. The second-order valence-corrected chi connectivity index (χ2v) is 7.24. The smallest absolute Gasteiger partial charge is 0.241 e. The van der Waals surface area contributed by atoms with Crippen molar-refractivity contribution in [1.29, 1.82) is 0 Å². The average molecular weight is 316 g/mol. The van der Waals surface area contributed by atoms with Crippen molar-refractivity contribution < 1.29 is 17.9 Å². The maximum Gasteiger partial charge on any atom is 0.241 e. The van der Waals surface area contributed by atoms with E-state index in [1.165, 1.54) is 19.2 Å². The number of carbonyl (C=O) groups is 1. The summed E-state index contributed by atoms with van der Waals surface area (Å²) in [5, 5.41) is 7.77. The Morgan fingerprint density at radius 1 is 1.50 bits per heavy atom. The van der Waals surface area contributed by atoms with Crippen molar-refractivity contribution in [1.82, 2.24) is 0 Å². The van der Waals surface area contributed by atoms with Crippen LogP contribution in [0, 0.1) is 0 Å². The zero-order valence-electron chi connectivity index (χ0n) is 11.0. The molecule has 1 aliphatic heterocycles. The highest BCUT2D eigenvalue weighted by Gasteiger charge is 2.24. The predicted octanol–water partition coefficient (Wildman–Crippen LogP) is 1.18. The van der Waals surface area contributed by atoms with E-state index in [1.54, 1.807) is 17.8 Å². The fourth-order valence-electron chi connectivity index (χ4n) is 1.98. The zero-order chi connectivity index (χ0) is 14.8. The van der Waals surface area contributed by atoms with E-state index in [4.69, 9.17) is 9.88 Å². The fourth-order valence-corrected chi connectivity index (χ4v) is 3.87. The number of benzene rings is 1. The van der Waals surface area contributed by atoms with E-state index < -0.39 is 10.0 Å². The number of methoxy groups -OCH3 is 1. The van der Waals surface area contributed by atoms with Gasteiger partial charge in [-0.3, -0.25) is 4.79 Å². The molecule has 6 nitrogen and oxygen atoms in total. The molecule has 1 aromatic carbocycles. The second-order valence-electron chi connectivity index (χ2n) is 4.40. The van der Waals surface area contributed by atoms with Crippen LogP contribution in [0.1, 0.15) is 12.8 Å². The summed E-state index contributed by atoms with van der Waals surface area (Å²) in [6, 6.07) is 4.37. The summed E-state index contributed by atoms with van der Waals surface area (Å²) in [5.41, 5.74) is 0.396. The van der Waals surface area contributed by atoms with Gasteiger partial charge in [0, 0.05) is 5.69 Å². The molecule has 1 fully saturated rings. The predicted molar refractivity (Wildman–Crippen MR) is 78.5 cm³/mol. The molecule has 8 heteroatoms. The van der Waals surface area contributed by atoms with Crippen LogP contribution >= 0.6 is 11.8 Å². The molecule has 0 radical (unpaired) electrons. The van der Waals surface area contributed by atoms with Crippen molar-refractivity contribution >= 4 is 33.4 Å². The highest BCUT2D eigenvalue weighted by atomic mass is 32.2. The highest BCUT2D eigenvalue weighted by Crippen LogP contribution is 2.29. The number of rotatable bonds is 4. The molecule has 0 aliphatic carbocycles. The van der Waals surface area contributed by atoms with Crippen LogP contribution in [-0.2, 0) is 14.8 Å². The molecule has 0 saturated carbocycles. The minimum atomic E-state index is -3.90. The first-order valence-corrected chi connectivity index (χ1v) is 8.64. The first-order chi connectivity index (χ1) is 9.41. The van der Waals surface area contributed by atoms with Gasteiger partial charge in [-0.2, -0.15) is 0 Å². The van der Waals surface area contributed by atoms with Crippen molar-refractivity contribution in [3.8, 4) is 5.75 Å². The largest absolute Gasteiger partial charge is 0.495 e. The Kier molecular flexibility index (Phi) is 4.56. The Labute approximate surface area is 122 Å². The van der Waals surface area contributed by atoms with E-state index in [9.17, 15) is 13.2 Å². The lowest BCUT2D eigenvalue weighted by molar-refractivity contribution is -0.115. The monoisotopic (exact) mass is 316 g/mol. The quantitative estimate of drug-likeness (QED) is 0.869. The van der Waals surface area contributed by atoms with E-state index in [1.807, 2.05) is 0 Å². The number of hydrogen-bond acceptors (Lipinski definition) is 5. The van der Waals surface area contributed by atoms with E-state index in [0.717, 1.165) is 18.6 Å². The zero-order valence-corrected chi connectivity index (χ0v) is 12.6. The number of nitrogens with one attached hydrogen (secondary N) is 1. The fraction of sp³-hybridized carbons (Fsp3) is 0.417. The maximum absolute atomic E-state index is 12.0. The summed E-state index contributed by atoms with van der Waals surface area (Å²) in [7, 11) is -2.55. The number of primary sulfonamides is 1. The molecule has 0 bridgehead atoms. The lowest BCUT2D eigenvalue weighted by atomic mass is 10.2. The van der Waals surface area contributed by atoms with Crippen molar-refractivity contribution in [2.75, 3.05) is 18.2 Å². The third-order valence-corrected chi connectivity index (χ3v) is 5.27. The molecule has 1 heterocycles. The molecule has 1 unspecified atom stereocenters. The SMILES string of the molecule is COc1ccc(NC(=O)C2CCCS2)cc1S(N)(=O)=O. The lowest BCUT2D eigenvalue weighted by Gasteiger charge is -2.12. The second kappa shape index (κ2) is 6.02. The van der Waals surface area contributed by atoms with Gasteiger partial charge in [0.25, 0.3) is 0 Å². The van der Waals surface area contributed by atoms with Crippen molar-refractivity contribution in [2.45, 2.75) is 23.0 Å². The van der Waals surface area contributed by atoms with Gasteiger partial charge >= 0.3 is 0 Å². The number of nitrogens with two attached hydrogens (primary N) is 1. The van der Waals surface area contributed by atoms with Gasteiger partial charge in [-0.05, 0) is 36.8 Å². The molecule has 3 N–H and O–H groups in total. The van der Waals surface area contributed by atoms with Gasteiger partial charge in [0.15, 0.2) is 0 Å². The van der Waals surface area contributed by atoms with Gasteiger partial charge in [-0.1, -0.05) is 0 Å². The molecule has 110 valence electrons. The molecule has 1 aliphatic rings. The molecule has 1 aromatic rings. The Morgan fingerprint density at radius 2 is 2.25 bits per heavy atom. The molecule has 1 atom stereocenters. The summed E-state index contributed by atoms with van der Waals surface area (Å²) < 4.78 is 27.9. The normalized spacial score (nSPS) is 18.8. The Balaban J connectivity index is 2.23. The van der Waals surface area contributed by atoms with Crippen LogP contribution < -0.4 is 15.2 Å². The van der Waals surface area contributed by atoms with Crippen LogP contribution in [0.15, 0.2) is 23.1 Å². The molecule has 1 saturated heterocycles. The Bertz CT molecular complexity index is 610. The standard InChI is InChI=1S/C12H16N2O4S2/c1-18-9-5-4-8(7-11(9)20(13,16)17)14-12(15)10-3-2-6-19-10/h4-5,7,10H,2-3,6H2,1H3,(H,14,15)(H2,13,16,17). The van der Waals surface area contributed by atoms with Crippen LogP contribution in [0.5, 0.6) is 5.75 Å². The maximum atomic E-state index is 12.0. The highest BCUT2D eigenvalue weighted by molar-refractivity contribution is 8.00. The number of amides is 1. The Hall–Kier alpha value is -1.25. The molecule has 0 spiro atoms. The third kappa shape index (κ3) is 3.44. The molecule has 20 heavy (non-hydrogen) atoms. The van der Waals surface area contributed by atoms with Crippen LogP contribution in [0.4, 0.5) is 5.69 Å². The minimum Gasteiger partial charge on any atom is -0.495 e. The third-order valence-electron chi connectivity index (χ3n) is 2.96. The lowest BCUT2D eigenvalue weighted by Crippen LogP contribution is -2.23. The minimum absolute atomic E-state index is 0.0740. The summed E-state index contributed by atoms with van der Waals surface area (Å²) in [4.78, 5) is 11.8. The molecule has 1 amide bonds. The molecular formula is C12H16N2O4S2. The van der Waals surface area contributed by atoms with Crippen LogP contribution in [0.3, 0.4) is 0 Å². The van der Waals surface area contributed by atoms with Gasteiger partial charge in [-0.15, -0.1) is 11.8 Å². The van der Waals surface area contributed by atoms with E-state index in [-0.39, 0.29) is 21.8 Å². The average Bonchev–Trinajstić information content (AvgIpc) is 2.91. The van der Waals surface area contributed by atoms with Gasteiger partial charge in [0.1, 0.15) is 10.6 Å². The molecule has 0 aromatic heterocycles. The summed E-state index contributed by atoms with van der Waals surface area (Å²) in [6.45, 7) is 0.